The molecule has 0 spiro atoms. The highest BCUT2D eigenvalue weighted by molar-refractivity contribution is 5.98. The van der Waals surface area contributed by atoms with Crippen LogP contribution in [-0.4, -0.2) is 50.6 Å². The highest BCUT2D eigenvalue weighted by Gasteiger charge is 2.33. The molecule has 0 bridgehead atoms. The van der Waals surface area contributed by atoms with Gasteiger partial charge in [-0.15, -0.1) is 0 Å². The third kappa shape index (κ3) is 2.71. The molecule has 0 aromatic heterocycles. The van der Waals surface area contributed by atoms with Gasteiger partial charge in [-0.2, -0.15) is 0 Å². The molecule has 1 heterocycles. The van der Waals surface area contributed by atoms with Gasteiger partial charge in [0.1, 0.15) is 12.2 Å². The maximum Gasteiger partial charge on any atom is 0.170 e. The van der Waals surface area contributed by atoms with Crippen LogP contribution in [0.15, 0.2) is 23.4 Å². The lowest BCUT2D eigenvalue weighted by Gasteiger charge is -2.19. The SMILES string of the molecule is COC1CN(c2ccc(/C(N)=N/O)c(C)c2)CC1OC. The molecule has 1 fully saturated rings. The van der Waals surface area contributed by atoms with Crippen LogP contribution in [0.5, 0.6) is 0 Å². The van der Waals surface area contributed by atoms with E-state index in [9.17, 15) is 0 Å². The van der Waals surface area contributed by atoms with E-state index in [1.54, 1.807) is 14.2 Å². The number of benzene rings is 1. The van der Waals surface area contributed by atoms with Crippen LogP contribution in [0, 0.1) is 6.92 Å². The van der Waals surface area contributed by atoms with Crippen LogP contribution in [0.4, 0.5) is 5.69 Å². The first-order chi connectivity index (χ1) is 9.60. The van der Waals surface area contributed by atoms with E-state index in [1.807, 2.05) is 25.1 Å². The van der Waals surface area contributed by atoms with Crippen molar-refractivity contribution in [2.75, 3.05) is 32.2 Å². The molecule has 2 unspecified atom stereocenters. The minimum absolute atomic E-state index is 0.0732. The van der Waals surface area contributed by atoms with Gasteiger partial charge in [0.2, 0.25) is 0 Å². The number of hydrogen-bond donors (Lipinski definition) is 2. The van der Waals surface area contributed by atoms with Crippen molar-refractivity contribution in [3.05, 3.63) is 29.3 Å². The van der Waals surface area contributed by atoms with E-state index in [0.29, 0.717) is 0 Å². The van der Waals surface area contributed by atoms with Crippen LogP contribution >= 0.6 is 0 Å². The number of amidine groups is 1. The summed E-state index contributed by atoms with van der Waals surface area (Å²) < 4.78 is 10.9. The summed E-state index contributed by atoms with van der Waals surface area (Å²) >= 11 is 0. The number of nitrogens with two attached hydrogens (primary N) is 1. The molecule has 6 nitrogen and oxygen atoms in total. The van der Waals surface area contributed by atoms with Gasteiger partial charge in [0.05, 0.1) is 0 Å². The Morgan fingerprint density at radius 3 is 2.35 bits per heavy atom. The Labute approximate surface area is 118 Å². The predicted octanol–water partition coefficient (Wildman–Crippen LogP) is 0.940. The normalized spacial score (nSPS) is 23.4. The number of methoxy groups -OCH3 is 2. The van der Waals surface area contributed by atoms with E-state index in [4.69, 9.17) is 20.4 Å². The van der Waals surface area contributed by atoms with Gasteiger partial charge < -0.3 is 25.3 Å². The van der Waals surface area contributed by atoms with Gasteiger partial charge in [0.15, 0.2) is 5.84 Å². The van der Waals surface area contributed by atoms with Gasteiger partial charge in [-0.25, -0.2) is 0 Å². The Morgan fingerprint density at radius 1 is 1.30 bits per heavy atom. The van der Waals surface area contributed by atoms with Gasteiger partial charge in [0.25, 0.3) is 0 Å². The average Bonchev–Trinajstić information content (AvgIpc) is 2.89. The summed E-state index contributed by atoms with van der Waals surface area (Å²) in [6.07, 6.45) is 0.146. The fraction of sp³-hybridized carbons (Fsp3) is 0.500. The Bertz CT molecular complexity index is 492. The Kier molecular flexibility index (Phi) is 4.46. The molecule has 110 valence electrons. The molecule has 1 saturated heterocycles. The van der Waals surface area contributed by atoms with Crippen LogP contribution in [0.3, 0.4) is 0 Å². The van der Waals surface area contributed by atoms with E-state index in [2.05, 4.69) is 10.1 Å². The number of nitrogens with zero attached hydrogens (tertiary/aromatic N) is 2. The second-order valence-corrected chi connectivity index (χ2v) is 4.94. The zero-order valence-electron chi connectivity index (χ0n) is 12.0. The van der Waals surface area contributed by atoms with E-state index < -0.39 is 0 Å². The van der Waals surface area contributed by atoms with E-state index in [1.165, 1.54) is 0 Å². The Balaban J connectivity index is 2.21. The summed E-state index contributed by atoms with van der Waals surface area (Å²) in [6.45, 7) is 3.52. The molecular formula is C14H21N3O3. The molecule has 2 atom stereocenters. The summed E-state index contributed by atoms with van der Waals surface area (Å²) in [5.41, 5.74) is 8.42. The summed E-state index contributed by atoms with van der Waals surface area (Å²) in [6, 6.07) is 5.85. The molecule has 1 aromatic carbocycles. The van der Waals surface area contributed by atoms with Crippen LogP contribution in [0.1, 0.15) is 11.1 Å². The fourth-order valence-electron chi connectivity index (χ4n) is 2.59. The highest BCUT2D eigenvalue weighted by Crippen LogP contribution is 2.25. The lowest BCUT2D eigenvalue weighted by molar-refractivity contribution is -0.00461. The molecule has 3 N–H and O–H groups in total. The summed E-state index contributed by atoms with van der Waals surface area (Å²) in [5.74, 6) is 0.125. The molecule has 20 heavy (non-hydrogen) atoms. The number of hydrogen-bond acceptors (Lipinski definition) is 5. The second kappa shape index (κ2) is 6.11. The van der Waals surface area contributed by atoms with Crippen molar-refractivity contribution >= 4 is 11.5 Å². The van der Waals surface area contributed by atoms with E-state index >= 15 is 0 Å². The van der Waals surface area contributed by atoms with Crippen molar-refractivity contribution in [1.29, 1.82) is 0 Å². The Hall–Kier alpha value is -1.79. The predicted molar refractivity (Wildman–Crippen MR) is 77.5 cm³/mol. The van der Waals surface area contributed by atoms with Crippen LogP contribution in [0.2, 0.25) is 0 Å². The lowest BCUT2D eigenvalue weighted by Crippen LogP contribution is -2.27. The van der Waals surface area contributed by atoms with Gasteiger partial charge in [-0.05, 0) is 30.7 Å². The van der Waals surface area contributed by atoms with Crippen molar-refractivity contribution in [3.63, 3.8) is 0 Å². The van der Waals surface area contributed by atoms with Crippen LogP contribution in [0.25, 0.3) is 0 Å². The highest BCUT2D eigenvalue weighted by atomic mass is 16.5. The lowest BCUT2D eigenvalue weighted by atomic mass is 10.1. The van der Waals surface area contributed by atoms with Crippen molar-refractivity contribution < 1.29 is 14.7 Å². The molecular weight excluding hydrogens is 258 g/mol. The topological polar surface area (TPSA) is 80.3 Å². The molecule has 1 aromatic rings. The summed E-state index contributed by atoms with van der Waals surface area (Å²) in [7, 11) is 3.40. The number of anilines is 1. The zero-order valence-corrected chi connectivity index (χ0v) is 12.0. The first-order valence-electron chi connectivity index (χ1n) is 6.49. The smallest absolute Gasteiger partial charge is 0.170 e. The van der Waals surface area contributed by atoms with Crippen LogP contribution < -0.4 is 10.6 Å². The van der Waals surface area contributed by atoms with Crippen molar-refractivity contribution in [2.45, 2.75) is 19.1 Å². The van der Waals surface area contributed by atoms with E-state index in [0.717, 1.165) is 29.9 Å². The second-order valence-electron chi connectivity index (χ2n) is 4.94. The third-order valence-corrected chi connectivity index (χ3v) is 3.78. The molecule has 0 radical (unpaired) electrons. The average molecular weight is 279 g/mol. The third-order valence-electron chi connectivity index (χ3n) is 3.78. The maximum absolute atomic E-state index is 8.75. The van der Waals surface area contributed by atoms with E-state index in [-0.39, 0.29) is 18.0 Å². The molecule has 0 amide bonds. The molecule has 0 aliphatic carbocycles. The number of ether oxygens (including phenoxy) is 2. The molecule has 1 aliphatic rings. The van der Waals surface area contributed by atoms with Crippen molar-refractivity contribution in [2.24, 2.45) is 10.9 Å². The number of rotatable bonds is 4. The number of oxime groups is 1. The Morgan fingerprint density at radius 2 is 1.90 bits per heavy atom. The monoisotopic (exact) mass is 279 g/mol. The maximum atomic E-state index is 8.75. The fourth-order valence-corrected chi connectivity index (χ4v) is 2.59. The van der Waals surface area contributed by atoms with Gasteiger partial charge in [-0.1, -0.05) is 5.16 Å². The first-order valence-corrected chi connectivity index (χ1v) is 6.49. The zero-order chi connectivity index (χ0) is 14.7. The summed E-state index contributed by atoms with van der Waals surface area (Å²) in [4.78, 5) is 2.21. The quantitative estimate of drug-likeness (QED) is 0.371. The van der Waals surface area contributed by atoms with Gasteiger partial charge in [0, 0.05) is 38.6 Å². The summed E-state index contributed by atoms with van der Waals surface area (Å²) in [5, 5.41) is 11.8. The molecule has 1 aliphatic heterocycles. The minimum Gasteiger partial charge on any atom is -0.409 e. The molecule has 0 saturated carbocycles. The molecule has 2 rings (SSSR count). The van der Waals surface area contributed by atoms with Gasteiger partial charge >= 0.3 is 0 Å². The van der Waals surface area contributed by atoms with Crippen molar-refractivity contribution in [3.8, 4) is 0 Å². The van der Waals surface area contributed by atoms with Gasteiger partial charge in [-0.3, -0.25) is 0 Å². The van der Waals surface area contributed by atoms with Crippen molar-refractivity contribution in [1.82, 2.24) is 0 Å². The van der Waals surface area contributed by atoms with Crippen LogP contribution in [-0.2, 0) is 9.47 Å². The number of aryl methyl sites for hydroxylation is 1. The molecule has 6 heteroatoms. The minimum atomic E-state index is 0.0732. The first kappa shape index (κ1) is 14.6. The standard InChI is InChI=1S/C14H21N3O3/c1-9-6-10(4-5-11(9)14(15)16-18)17-7-12(19-2)13(8-17)20-3/h4-6,12-13,18H,7-8H2,1-3H3,(H2,15,16). The largest absolute Gasteiger partial charge is 0.409 e.